The van der Waals surface area contributed by atoms with Crippen LogP contribution in [0.15, 0.2) is 0 Å². The standard InChI is InChI=1S/C14H27NO3/c1-7-11(4)15(8-2)10-12(16)14(5,6)13(17)18-9-3/h11H,7-10H2,1-6H3. The Balaban J connectivity index is 4.68. The van der Waals surface area contributed by atoms with Crippen LogP contribution in [-0.4, -0.2) is 42.4 Å². The van der Waals surface area contributed by atoms with Gasteiger partial charge in [0, 0.05) is 6.04 Å². The maximum atomic E-state index is 12.2. The van der Waals surface area contributed by atoms with Crippen molar-refractivity contribution in [2.24, 2.45) is 5.41 Å². The molecule has 0 amide bonds. The van der Waals surface area contributed by atoms with Crippen molar-refractivity contribution in [2.45, 2.75) is 54.0 Å². The first-order valence-corrected chi connectivity index (χ1v) is 6.75. The highest BCUT2D eigenvalue weighted by Gasteiger charge is 2.38. The van der Waals surface area contributed by atoms with Crippen molar-refractivity contribution in [3.05, 3.63) is 0 Å². The molecule has 0 aliphatic heterocycles. The maximum Gasteiger partial charge on any atom is 0.319 e. The van der Waals surface area contributed by atoms with Crippen LogP contribution in [0.2, 0.25) is 0 Å². The van der Waals surface area contributed by atoms with Crippen molar-refractivity contribution in [2.75, 3.05) is 19.7 Å². The van der Waals surface area contributed by atoms with Gasteiger partial charge in [0.15, 0.2) is 5.78 Å². The lowest BCUT2D eigenvalue weighted by Gasteiger charge is -2.29. The number of carbonyl (C=O) groups excluding carboxylic acids is 2. The second-order valence-electron chi connectivity index (χ2n) is 5.09. The molecule has 0 fully saturated rings. The predicted octanol–water partition coefficient (Wildman–Crippen LogP) is 2.27. The van der Waals surface area contributed by atoms with Gasteiger partial charge in [-0.3, -0.25) is 14.5 Å². The van der Waals surface area contributed by atoms with E-state index in [0.717, 1.165) is 13.0 Å². The molecule has 106 valence electrons. The van der Waals surface area contributed by atoms with Gasteiger partial charge in [-0.05, 0) is 40.7 Å². The summed E-state index contributed by atoms with van der Waals surface area (Å²) in [7, 11) is 0. The van der Waals surface area contributed by atoms with E-state index in [4.69, 9.17) is 4.74 Å². The number of hydrogen-bond donors (Lipinski definition) is 0. The van der Waals surface area contributed by atoms with E-state index in [2.05, 4.69) is 18.7 Å². The third kappa shape index (κ3) is 4.41. The van der Waals surface area contributed by atoms with E-state index in [-0.39, 0.29) is 5.78 Å². The van der Waals surface area contributed by atoms with Gasteiger partial charge in [-0.25, -0.2) is 0 Å². The quantitative estimate of drug-likeness (QED) is 0.494. The number of nitrogens with zero attached hydrogens (tertiary/aromatic N) is 1. The third-order valence-corrected chi connectivity index (χ3v) is 3.45. The fourth-order valence-electron chi connectivity index (χ4n) is 1.64. The van der Waals surface area contributed by atoms with Crippen molar-refractivity contribution in [3.8, 4) is 0 Å². The normalized spacial score (nSPS) is 13.5. The molecule has 18 heavy (non-hydrogen) atoms. The Morgan fingerprint density at radius 2 is 1.78 bits per heavy atom. The minimum Gasteiger partial charge on any atom is -0.465 e. The summed E-state index contributed by atoms with van der Waals surface area (Å²) in [4.78, 5) is 26.1. The molecule has 0 aromatic rings. The summed E-state index contributed by atoms with van der Waals surface area (Å²) in [6.07, 6.45) is 0.987. The van der Waals surface area contributed by atoms with E-state index in [9.17, 15) is 9.59 Å². The first kappa shape index (κ1) is 17.1. The molecule has 0 bridgehead atoms. The van der Waals surface area contributed by atoms with Crippen molar-refractivity contribution in [3.63, 3.8) is 0 Å². The third-order valence-electron chi connectivity index (χ3n) is 3.45. The van der Waals surface area contributed by atoms with Crippen LogP contribution in [-0.2, 0) is 14.3 Å². The Kier molecular flexibility index (Phi) is 7.14. The second-order valence-corrected chi connectivity index (χ2v) is 5.09. The zero-order valence-electron chi connectivity index (χ0n) is 12.6. The highest BCUT2D eigenvalue weighted by atomic mass is 16.5. The predicted molar refractivity (Wildman–Crippen MR) is 72.4 cm³/mol. The van der Waals surface area contributed by atoms with Gasteiger partial charge in [-0.15, -0.1) is 0 Å². The SMILES string of the molecule is CCOC(=O)C(C)(C)C(=O)CN(CC)C(C)CC. The van der Waals surface area contributed by atoms with E-state index in [1.54, 1.807) is 20.8 Å². The lowest BCUT2D eigenvalue weighted by molar-refractivity contribution is -0.158. The Labute approximate surface area is 111 Å². The highest BCUT2D eigenvalue weighted by Crippen LogP contribution is 2.20. The summed E-state index contributed by atoms with van der Waals surface area (Å²) in [5.74, 6) is -0.515. The van der Waals surface area contributed by atoms with Crippen LogP contribution in [0.5, 0.6) is 0 Å². The van der Waals surface area contributed by atoms with E-state index in [1.165, 1.54) is 0 Å². The topological polar surface area (TPSA) is 46.6 Å². The monoisotopic (exact) mass is 257 g/mol. The molecule has 0 spiro atoms. The van der Waals surface area contributed by atoms with E-state index in [1.807, 2.05) is 6.92 Å². The molecule has 0 aromatic carbocycles. The first-order chi connectivity index (χ1) is 8.31. The molecule has 0 aliphatic rings. The van der Waals surface area contributed by atoms with Crippen molar-refractivity contribution >= 4 is 11.8 Å². The van der Waals surface area contributed by atoms with Crippen LogP contribution < -0.4 is 0 Å². The minimum absolute atomic E-state index is 0.0805. The minimum atomic E-state index is -1.06. The zero-order valence-corrected chi connectivity index (χ0v) is 12.6. The number of ketones is 1. The Bertz CT molecular complexity index is 287. The van der Waals surface area contributed by atoms with Crippen molar-refractivity contribution < 1.29 is 14.3 Å². The zero-order chi connectivity index (χ0) is 14.3. The maximum absolute atomic E-state index is 12.2. The number of likely N-dealkylation sites (N-methyl/N-ethyl adjacent to an activating group) is 1. The average Bonchev–Trinajstić information content (AvgIpc) is 2.34. The summed E-state index contributed by atoms with van der Waals surface area (Å²) in [5, 5.41) is 0. The fraction of sp³-hybridized carbons (Fsp3) is 0.857. The van der Waals surface area contributed by atoms with Gasteiger partial charge in [0.25, 0.3) is 0 Å². The number of ether oxygens (including phenoxy) is 1. The van der Waals surface area contributed by atoms with Gasteiger partial charge < -0.3 is 4.74 Å². The number of rotatable bonds is 8. The Morgan fingerprint density at radius 3 is 2.17 bits per heavy atom. The molecule has 0 heterocycles. The molecule has 4 heteroatoms. The molecule has 1 atom stereocenters. The van der Waals surface area contributed by atoms with Gasteiger partial charge >= 0.3 is 5.97 Å². The molecule has 4 nitrogen and oxygen atoms in total. The van der Waals surface area contributed by atoms with Crippen LogP contribution >= 0.6 is 0 Å². The average molecular weight is 257 g/mol. The Hall–Kier alpha value is -0.900. The molecule has 0 saturated carbocycles. The molecule has 0 rings (SSSR count). The largest absolute Gasteiger partial charge is 0.465 e. The first-order valence-electron chi connectivity index (χ1n) is 6.75. The Morgan fingerprint density at radius 1 is 1.22 bits per heavy atom. The second kappa shape index (κ2) is 7.52. The van der Waals surface area contributed by atoms with Crippen molar-refractivity contribution in [1.29, 1.82) is 0 Å². The van der Waals surface area contributed by atoms with Crippen LogP contribution in [0, 0.1) is 5.41 Å². The highest BCUT2D eigenvalue weighted by molar-refractivity contribution is 6.03. The van der Waals surface area contributed by atoms with Crippen molar-refractivity contribution in [1.82, 2.24) is 4.90 Å². The molecular formula is C14H27NO3. The van der Waals surface area contributed by atoms with Gasteiger partial charge in [-0.1, -0.05) is 13.8 Å². The van der Waals surface area contributed by atoms with Gasteiger partial charge in [0.05, 0.1) is 13.2 Å². The van der Waals surface area contributed by atoms with E-state index in [0.29, 0.717) is 19.2 Å². The molecular weight excluding hydrogens is 230 g/mol. The molecule has 1 unspecified atom stereocenters. The summed E-state index contributed by atoms with van der Waals surface area (Å²) in [6.45, 7) is 12.6. The summed E-state index contributed by atoms with van der Waals surface area (Å²) < 4.78 is 4.95. The molecule has 0 aromatic heterocycles. The number of esters is 1. The number of hydrogen-bond acceptors (Lipinski definition) is 4. The van der Waals surface area contributed by atoms with E-state index >= 15 is 0 Å². The fourth-order valence-corrected chi connectivity index (χ4v) is 1.64. The van der Waals surface area contributed by atoms with Crippen LogP contribution in [0.3, 0.4) is 0 Å². The van der Waals surface area contributed by atoms with Gasteiger partial charge in [0.2, 0.25) is 0 Å². The van der Waals surface area contributed by atoms with Gasteiger partial charge in [0.1, 0.15) is 5.41 Å². The summed E-state index contributed by atoms with van der Waals surface area (Å²) >= 11 is 0. The summed E-state index contributed by atoms with van der Waals surface area (Å²) in [5.41, 5.74) is -1.06. The van der Waals surface area contributed by atoms with Crippen LogP contribution in [0.4, 0.5) is 0 Å². The van der Waals surface area contributed by atoms with E-state index < -0.39 is 11.4 Å². The van der Waals surface area contributed by atoms with Crippen LogP contribution in [0.1, 0.15) is 48.0 Å². The number of Topliss-reactive ketones (excluding diaryl/α,β-unsaturated/α-hetero) is 1. The number of carbonyl (C=O) groups is 2. The lowest BCUT2D eigenvalue weighted by Crippen LogP contribution is -2.44. The molecule has 0 radical (unpaired) electrons. The molecule has 0 saturated heterocycles. The smallest absolute Gasteiger partial charge is 0.319 e. The van der Waals surface area contributed by atoms with Gasteiger partial charge in [-0.2, -0.15) is 0 Å². The van der Waals surface area contributed by atoms with Crippen LogP contribution in [0.25, 0.3) is 0 Å². The summed E-state index contributed by atoms with van der Waals surface area (Å²) in [6, 6.07) is 0.344. The molecule has 0 aliphatic carbocycles. The molecule has 0 N–H and O–H groups in total. The lowest BCUT2D eigenvalue weighted by atomic mass is 9.87.